The molecule has 1 atom stereocenters. The Morgan fingerprint density at radius 1 is 1.62 bits per heavy atom. The molecule has 3 heteroatoms. The molecule has 72 valence electrons. The third-order valence-corrected chi connectivity index (χ3v) is 4.48. The van der Waals surface area contributed by atoms with Crippen molar-refractivity contribution >= 4 is 27.3 Å². The van der Waals surface area contributed by atoms with Crippen LogP contribution in [0.4, 0.5) is 0 Å². The van der Waals surface area contributed by atoms with Crippen LogP contribution in [0, 0.1) is 0 Å². The van der Waals surface area contributed by atoms with E-state index in [1.165, 1.54) is 28.6 Å². The van der Waals surface area contributed by atoms with E-state index in [1.54, 1.807) is 0 Å². The molecule has 0 spiro atoms. The molecule has 0 amide bonds. The highest BCUT2D eigenvalue weighted by Gasteiger charge is 2.20. The quantitative estimate of drug-likeness (QED) is 0.873. The van der Waals surface area contributed by atoms with Gasteiger partial charge in [0.2, 0.25) is 0 Å². The van der Waals surface area contributed by atoms with Crippen molar-refractivity contribution in [2.24, 2.45) is 0 Å². The van der Waals surface area contributed by atoms with Crippen LogP contribution >= 0.6 is 27.3 Å². The number of hydrogen-bond donors (Lipinski definition) is 1. The van der Waals surface area contributed by atoms with Gasteiger partial charge in [-0.15, -0.1) is 11.3 Å². The molecule has 0 bridgehead atoms. The molecule has 0 saturated heterocycles. The van der Waals surface area contributed by atoms with Gasteiger partial charge in [0.15, 0.2) is 0 Å². The second-order valence-corrected chi connectivity index (χ2v) is 5.54. The van der Waals surface area contributed by atoms with Gasteiger partial charge in [-0.25, -0.2) is 0 Å². The molecule has 1 aliphatic rings. The average molecular weight is 260 g/mol. The predicted octanol–water partition coefficient (Wildman–Crippen LogP) is 3.71. The van der Waals surface area contributed by atoms with E-state index >= 15 is 0 Å². The highest BCUT2D eigenvalue weighted by Crippen LogP contribution is 2.28. The first kappa shape index (κ1) is 9.69. The average Bonchev–Trinajstić information content (AvgIpc) is 2.44. The Hall–Kier alpha value is 0.140. The van der Waals surface area contributed by atoms with E-state index in [2.05, 4.69) is 39.6 Å². The molecule has 2 rings (SSSR count). The van der Waals surface area contributed by atoms with Gasteiger partial charge < -0.3 is 5.32 Å². The second-order valence-electron chi connectivity index (χ2n) is 3.68. The lowest BCUT2D eigenvalue weighted by molar-refractivity contribution is 0.315. The van der Waals surface area contributed by atoms with Gasteiger partial charge in [0.1, 0.15) is 0 Å². The Morgan fingerprint density at radius 3 is 2.85 bits per heavy atom. The van der Waals surface area contributed by atoms with E-state index in [1.807, 2.05) is 11.3 Å². The third kappa shape index (κ3) is 2.33. The van der Waals surface area contributed by atoms with Crippen molar-refractivity contribution in [3.8, 4) is 0 Å². The summed E-state index contributed by atoms with van der Waals surface area (Å²) < 4.78 is 1.20. The summed E-state index contributed by atoms with van der Waals surface area (Å²) in [5, 5.41) is 5.78. The SMILES string of the molecule is CC(NC1CCC1)c1cc(Br)cs1. The summed E-state index contributed by atoms with van der Waals surface area (Å²) in [6.45, 7) is 2.25. The molecule has 1 unspecified atom stereocenters. The largest absolute Gasteiger partial charge is 0.307 e. The van der Waals surface area contributed by atoms with Gasteiger partial charge in [-0.3, -0.25) is 0 Å². The summed E-state index contributed by atoms with van der Waals surface area (Å²) in [6, 6.07) is 3.50. The van der Waals surface area contributed by atoms with Crippen LogP contribution in [0.1, 0.15) is 37.1 Å². The van der Waals surface area contributed by atoms with Crippen molar-refractivity contribution in [1.29, 1.82) is 0 Å². The number of rotatable bonds is 3. The van der Waals surface area contributed by atoms with Gasteiger partial charge in [0, 0.05) is 26.8 Å². The maximum absolute atomic E-state index is 3.64. The fourth-order valence-electron chi connectivity index (χ4n) is 1.57. The molecule has 0 aliphatic heterocycles. The van der Waals surface area contributed by atoms with E-state index < -0.39 is 0 Å². The molecule has 1 aromatic rings. The van der Waals surface area contributed by atoms with Gasteiger partial charge in [0.05, 0.1) is 0 Å². The fourth-order valence-corrected chi connectivity index (χ4v) is 3.03. The van der Waals surface area contributed by atoms with E-state index in [-0.39, 0.29) is 0 Å². The molecule has 1 saturated carbocycles. The fraction of sp³-hybridized carbons (Fsp3) is 0.600. The minimum absolute atomic E-state index is 0.515. The Bertz CT molecular complexity index is 280. The molecule has 1 fully saturated rings. The summed E-state index contributed by atoms with van der Waals surface area (Å²) in [7, 11) is 0. The smallest absolute Gasteiger partial charge is 0.0388 e. The van der Waals surface area contributed by atoms with Gasteiger partial charge in [-0.2, -0.15) is 0 Å². The summed E-state index contributed by atoms with van der Waals surface area (Å²) in [5.41, 5.74) is 0. The van der Waals surface area contributed by atoms with E-state index in [4.69, 9.17) is 0 Å². The lowest BCUT2D eigenvalue weighted by Crippen LogP contribution is -2.36. The molecule has 0 radical (unpaired) electrons. The standard InChI is InChI=1S/C10H14BrNS/c1-7(12-9-3-2-4-9)10-5-8(11)6-13-10/h5-7,9,12H,2-4H2,1H3. The third-order valence-electron chi connectivity index (χ3n) is 2.61. The van der Waals surface area contributed by atoms with Crippen molar-refractivity contribution in [2.75, 3.05) is 0 Å². The van der Waals surface area contributed by atoms with Crippen LogP contribution in [0.15, 0.2) is 15.9 Å². The summed E-state index contributed by atoms with van der Waals surface area (Å²) in [6.07, 6.45) is 4.12. The molecular weight excluding hydrogens is 246 g/mol. The maximum Gasteiger partial charge on any atom is 0.0388 e. The Kier molecular flexibility index (Phi) is 3.06. The maximum atomic E-state index is 3.64. The normalized spacial score (nSPS) is 19.8. The highest BCUT2D eigenvalue weighted by atomic mass is 79.9. The minimum Gasteiger partial charge on any atom is -0.307 e. The molecule has 1 N–H and O–H groups in total. The zero-order valence-electron chi connectivity index (χ0n) is 7.72. The molecule has 1 aromatic heterocycles. The molecule has 1 heterocycles. The van der Waals surface area contributed by atoms with E-state index in [9.17, 15) is 0 Å². The highest BCUT2D eigenvalue weighted by molar-refractivity contribution is 9.10. The zero-order valence-corrected chi connectivity index (χ0v) is 10.1. The van der Waals surface area contributed by atoms with E-state index in [0.29, 0.717) is 6.04 Å². The van der Waals surface area contributed by atoms with Crippen LogP contribution in [0.5, 0.6) is 0 Å². The summed E-state index contributed by atoms with van der Waals surface area (Å²) in [5.74, 6) is 0. The van der Waals surface area contributed by atoms with Crippen molar-refractivity contribution < 1.29 is 0 Å². The lowest BCUT2D eigenvalue weighted by atomic mass is 9.92. The first-order valence-electron chi connectivity index (χ1n) is 4.75. The monoisotopic (exact) mass is 259 g/mol. The Labute approximate surface area is 91.7 Å². The second kappa shape index (κ2) is 4.11. The van der Waals surface area contributed by atoms with Crippen LogP contribution < -0.4 is 5.32 Å². The number of nitrogens with one attached hydrogen (secondary N) is 1. The predicted molar refractivity (Wildman–Crippen MR) is 61.2 cm³/mol. The summed E-state index contributed by atoms with van der Waals surface area (Å²) >= 11 is 5.31. The zero-order chi connectivity index (χ0) is 9.26. The Balaban J connectivity index is 1.92. The number of hydrogen-bond acceptors (Lipinski definition) is 2. The van der Waals surface area contributed by atoms with Crippen LogP contribution in [-0.4, -0.2) is 6.04 Å². The lowest BCUT2D eigenvalue weighted by Gasteiger charge is -2.29. The van der Waals surface area contributed by atoms with Crippen molar-refractivity contribution in [3.63, 3.8) is 0 Å². The van der Waals surface area contributed by atoms with Crippen molar-refractivity contribution in [2.45, 2.75) is 38.3 Å². The van der Waals surface area contributed by atoms with Crippen LogP contribution in [0.2, 0.25) is 0 Å². The molecule has 1 aliphatic carbocycles. The van der Waals surface area contributed by atoms with E-state index in [0.717, 1.165) is 6.04 Å². The topological polar surface area (TPSA) is 12.0 Å². The molecular formula is C10H14BrNS. The van der Waals surface area contributed by atoms with Crippen molar-refractivity contribution in [3.05, 3.63) is 20.8 Å². The minimum atomic E-state index is 0.515. The van der Waals surface area contributed by atoms with Gasteiger partial charge >= 0.3 is 0 Å². The van der Waals surface area contributed by atoms with Crippen molar-refractivity contribution in [1.82, 2.24) is 5.32 Å². The summed E-state index contributed by atoms with van der Waals surface area (Å²) in [4.78, 5) is 1.43. The van der Waals surface area contributed by atoms with Gasteiger partial charge in [-0.05, 0) is 41.8 Å². The van der Waals surface area contributed by atoms with Gasteiger partial charge in [0.25, 0.3) is 0 Å². The van der Waals surface area contributed by atoms with Crippen LogP contribution in [0.25, 0.3) is 0 Å². The molecule has 1 nitrogen and oxygen atoms in total. The van der Waals surface area contributed by atoms with Gasteiger partial charge in [-0.1, -0.05) is 6.42 Å². The first-order chi connectivity index (χ1) is 6.25. The molecule has 13 heavy (non-hydrogen) atoms. The molecule has 0 aromatic carbocycles. The first-order valence-corrected chi connectivity index (χ1v) is 6.43. The number of thiophene rings is 1. The Morgan fingerprint density at radius 2 is 2.38 bits per heavy atom. The number of halogens is 1. The van der Waals surface area contributed by atoms with Crippen LogP contribution in [-0.2, 0) is 0 Å². The van der Waals surface area contributed by atoms with Crippen LogP contribution in [0.3, 0.4) is 0 Å².